The van der Waals surface area contributed by atoms with Gasteiger partial charge in [0.15, 0.2) is 0 Å². The number of aromatic nitrogens is 2. The first-order valence-corrected chi connectivity index (χ1v) is 8.90. The lowest BCUT2D eigenvalue weighted by Crippen LogP contribution is -2.40. The normalized spacial score (nSPS) is 16.6. The van der Waals surface area contributed by atoms with Crippen LogP contribution in [0.2, 0.25) is 0 Å². The molecular formula is C20H19FN4O2. The second kappa shape index (κ2) is 7.19. The molecule has 1 fully saturated rings. The average Bonchev–Trinajstić information content (AvgIpc) is 3.32. The number of aromatic amines is 1. The van der Waals surface area contributed by atoms with Crippen molar-refractivity contribution in [2.24, 2.45) is 0 Å². The van der Waals surface area contributed by atoms with Crippen LogP contribution in [0.5, 0.6) is 0 Å². The lowest BCUT2D eigenvalue weighted by atomic mass is 10.2. The largest absolute Gasteiger partial charge is 0.343 e. The van der Waals surface area contributed by atoms with Crippen molar-refractivity contribution in [2.75, 3.05) is 13.1 Å². The van der Waals surface area contributed by atoms with Crippen molar-refractivity contribution in [2.45, 2.75) is 18.9 Å². The van der Waals surface area contributed by atoms with E-state index in [-0.39, 0.29) is 24.1 Å². The van der Waals surface area contributed by atoms with Crippen LogP contribution in [0.25, 0.3) is 11.0 Å². The number of imidazole rings is 1. The standard InChI is InChI=1S/C20H19FN4O2/c21-14-7-2-1-6-13(14)20(27)22-12-18(26)25-11-5-10-17(25)19-23-15-8-3-4-9-16(15)24-19/h1-4,6-9,17H,5,10-12H2,(H,22,27)(H,23,24)/t17-/m0/s1. The Balaban J connectivity index is 1.45. The third-order valence-corrected chi connectivity index (χ3v) is 4.82. The van der Waals surface area contributed by atoms with Crippen LogP contribution in [0.4, 0.5) is 4.39 Å². The zero-order valence-electron chi connectivity index (χ0n) is 14.6. The summed E-state index contributed by atoms with van der Waals surface area (Å²) in [6.07, 6.45) is 1.68. The Morgan fingerprint density at radius 2 is 1.96 bits per heavy atom. The Bertz CT molecular complexity index is 967. The van der Waals surface area contributed by atoms with Gasteiger partial charge in [0.1, 0.15) is 11.6 Å². The fourth-order valence-electron chi connectivity index (χ4n) is 3.48. The first-order chi connectivity index (χ1) is 13.1. The first-order valence-electron chi connectivity index (χ1n) is 8.90. The Labute approximate surface area is 155 Å². The minimum Gasteiger partial charge on any atom is -0.343 e. The van der Waals surface area contributed by atoms with Gasteiger partial charge in [0.05, 0.1) is 29.2 Å². The molecule has 1 saturated heterocycles. The molecule has 1 aliphatic rings. The van der Waals surface area contributed by atoms with E-state index in [1.165, 1.54) is 18.2 Å². The maximum atomic E-state index is 13.7. The van der Waals surface area contributed by atoms with Crippen molar-refractivity contribution in [3.63, 3.8) is 0 Å². The number of nitrogens with one attached hydrogen (secondary N) is 2. The predicted molar refractivity (Wildman–Crippen MR) is 98.5 cm³/mol. The van der Waals surface area contributed by atoms with E-state index in [1.807, 2.05) is 24.3 Å². The number of para-hydroxylation sites is 2. The second-order valence-electron chi connectivity index (χ2n) is 6.55. The fourth-order valence-corrected chi connectivity index (χ4v) is 3.48. The molecule has 6 nitrogen and oxygen atoms in total. The Morgan fingerprint density at radius 3 is 2.78 bits per heavy atom. The summed E-state index contributed by atoms with van der Waals surface area (Å²) in [6.45, 7) is 0.431. The van der Waals surface area contributed by atoms with Gasteiger partial charge in [-0.3, -0.25) is 9.59 Å². The number of benzene rings is 2. The van der Waals surface area contributed by atoms with Crippen LogP contribution in [0.1, 0.15) is 35.1 Å². The summed E-state index contributed by atoms with van der Waals surface area (Å²) in [5.41, 5.74) is 1.72. The monoisotopic (exact) mass is 366 g/mol. The van der Waals surface area contributed by atoms with Crippen LogP contribution in [-0.2, 0) is 4.79 Å². The number of amides is 2. The van der Waals surface area contributed by atoms with E-state index >= 15 is 0 Å². The zero-order valence-corrected chi connectivity index (χ0v) is 14.6. The van der Waals surface area contributed by atoms with E-state index in [0.29, 0.717) is 6.54 Å². The summed E-state index contributed by atoms with van der Waals surface area (Å²) in [5, 5.41) is 2.51. The highest BCUT2D eigenvalue weighted by molar-refractivity contribution is 5.96. The quantitative estimate of drug-likeness (QED) is 0.745. The summed E-state index contributed by atoms with van der Waals surface area (Å²) in [7, 11) is 0. The van der Waals surface area contributed by atoms with E-state index in [2.05, 4.69) is 15.3 Å². The van der Waals surface area contributed by atoms with Crippen molar-refractivity contribution in [3.8, 4) is 0 Å². The minimum absolute atomic E-state index is 0.0689. The predicted octanol–water partition coefficient (Wildman–Crippen LogP) is 2.80. The van der Waals surface area contributed by atoms with Gasteiger partial charge in [-0.2, -0.15) is 0 Å². The molecule has 0 spiro atoms. The molecule has 3 aromatic rings. The second-order valence-corrected chi connectivity index (χ2v) is 6.55. The molecule has 0 aliphatic carbocycles. The number of carbonyl (C=O) groups excluding carboxylic acids is 2. The van der Waals surface area contributed by atoms with Gasteiger partial charge in [-0.25, -0.2) is 9.37 Å². The van der Waals surface area contributed by atoms with Gasteiger partial charge in [0.2, 0.25) is 5.91 Å². The summed E-state index contributed by atoms with van der Waals surface area (Å²) < 4.78 is 13.7. The Kier molecular flexibility index (Phi) is 4.58. The lowest BCUT2D eigenvalue weighted by molar-refractivity contribution is -0.131. The van der Waals surface area contributed by atoms with Crippen molar-refractivity contribution >= 4 is 22.8 Å². The maximum Gasteiger partial charge on any atom is 0.254 e. The number of fused-ring (bicyclic) bond motifs is 1. The molecule has 0 bridgehead atoms. The summed E-state index contributed by atoms with van der Waals surface area (Å²) in [4.78, 5) is 34.3. The number of rotatable bonds is 4. The Morgan fingerprint density at radius 1 is 1.19 bits per heavy atom. The zero-order chi connectivity index (χ0) is 18.8. The molecule has 1 atom stereocenters. The van der Waals surface area contributed by atoms with Crippen LogP contribution in [-0.4, -0.2) is 39.8 Å². The van der Waals surface area contributed by atoms with Crippen LogP contribution >= 0.6 is 0 Å². The molecule has 7 heteroatoms. The van der Waals surface area contributed by atoms with E-state index in [1.54, 1.807) is 11.0 Å². The van der Waals surface area contributed by atoms with Crippen molar-refractivity contribution in [3.05, 3.63) is 65.7 Å². The third-order valence-electron chi connectivity index (χ3n) is 4.82. The molecule has 2 heterocycles. The average molecular weight is 366 g/mol. The number of halogens is 1. The van der Waals surface area contributed by atoms with Crippen molar-refractivity contribution in [1.82, 2.24) is 20.2 Å². The number of nitrogens with zero attached hydrogens (tertiary/aromatic N) is 2. The smallest absolute Gasteiger partial charge is 0.254 e. The van der Waals surface area contributed by atoms with Gasteiger partial charge >= 0.3 is 0 Å². The molecule has 1 aliphatic heterocycles. The molecule has 0 unspecified atom stereocenters. The highest BCUT2D eigenvalue weighted by atomic mass is 19.1. The molecule has 2 amide bonds. The first kappa shape index (κ1) is 17.2. The van der Waals surface area contributed by atoms with Crippen molar-refractivity contribution < 1.29 is 14.0 Å². The van der Waals surface area contributed by atoms with Crippen LogP contribution in [0, 0.1) is 5.82 Å². The van der Waals surface area contributed by atoms with Crippen LogP contribution < -0.4 is 5.32 Å². The highest BCUT2D eigenvalue weighted by Crippen LogP contribution is 2.31. The minimum atomic E-state index is -0.608. The van der Waals surface area contributed by atoms with E-state index in [4.69, 9.17) is 0 Å². The van der Waals surface area contributed by atoms with Crippen LogP contribution in [0.3, 0.4) is 0 Å². The van der Waals surface area contributed by atoms with Gasteiger partial charge < -0.3 is 15.2 Å². The molecule has 2 N–H and O–H groups in total. The summed E-state index contributed by atoms with van der Waals surface area (Å²) in [5.74, 6) is -0.658. The Hall–Kier alpha value is -3.22. The third kappa shape index (κ3) is 3.40. The molecule has 138 valence electrons. The molecular weight excluding hydrogens is 347 g/mol. The number of likely N-dealkylation sites (tertiary alicyclic amines) is 1. The SMILES string of the molecule is O=C(NCC(=O)N1CCC[C@H]1c1nc2ccccc2[nH]1)c1ccccc1F. The van der Waals surface area contributed by atoms with Crippen molar-refractivity contribution in [1.29, 1.82) is 0 Å². The summed E-state index contributed by atoms with van der Waals surface area (Å²) in [6, 6.07) is 13.3. The molecule has 0 radical (unpaired) electrons. The van der Waals surface area contributed by atoms with Crippen LogP contribution in [0.15, 0.2) is 48.5 Å². The molecule has 2 aromatic carbocycles. The fraction of sp³-hybridized carbons (Fsp3) is 0.250. The number of carbonyl (C=O) groups is 2. The van der Waals surface area contributed by atoms with Gasteiger partial charge in [-0.15, -0.1) is 0 Å². The molecule has 1 aromatic heterocycles. The topological polar surface area (TPSA) is 78.1 Å². The van der Waals surface area contributed by atoms with E-state index in [9.17, 15) is 14.0 Å². The van der Waals surface area contributed by atoms with Gasteiger partial charge in [-0.1, -0.05) is 24.3 Å². The van der Waals surface area contributed by atoms with Gasteiger partial charge in [0.25, 0.3) is 5.91 Å². The number of hydrogen-bond acceptors (Lipinski definition) is 3. The van der Waals surface area contributed by atoms with E-state index in [0.717, 1.165) is 29.7 Å². The number of hydrogen-bond donors (Lipinski definition) is 2. The molecule has 0 saturated carbocycles. The van der Waals surface area contributed by atoms with E-state index < -0.39 is 11.7 Å². The van der Waals surface area contributed by atoms with Gasteiger partial charge in [0, 0.05) is 6.54 Å². The highest BCUT2D eigenvalue weighted by Gasteiger charge is 2.32. The summed E-state index contributed by atoms with van der Waals surface area (Å²) >= 11 is 0. The number of H-pyrrole nitrogens is 1. The van der Waals surface area contributed by atoms with Gasteiger partial charge in [-0.05, 0) is 37.1 Å². The molecule has 27 heavy (non-hydrogen) atoms. The lowest BCUT2D eigenvalue weighted by Gasteiger charge is -2.23. The maximum absolute atomic E-state index is 13.7. The molecule has 4 rings (SSSR count).